The van der Waals surface area contributed by atoms with E-state index in [9.17, 15) is 9.90 Å². The van der Waals surface area contributed by atoms with Crippen molar-refractivity contribution in [3.63, 3.8) is 0 Å². The lowest BCUT2D eigenvalue weighted by Crippen LogP contribution is -2.44. The Morgan fingerprint density at radius 2 is 2.03 bits per heavy atom. The van der Waals surface area contributed by atoms with Crippen LogP contribution < -0.4 is 15.4 Å². The number of aliphatic imine (C=N–C) groups is 1. The number of halogens is 1. The lowest BCUT2D eigenvalue weighted by Gasteiger charge is -2.23. The molecule has 2 rings (SSSR count). The number of benzene rings is 1. The van der Waals surface area contributed by atoms with Crippen molar-refractivity contribution in [3.8, 4) is 5.75 Å². The van der Waals surface area contributed by atoms with Gasteiger partial charge in [-0.15, -0.1) is 35.3 Å². The van der Waals surface area contributed by atoms with Gasteiger partial charge in [0.25, 0.3) is 0 Å². The van der Waals surface area contributed by atoms with Crippen LogP contribution in [-0.4, -0.2) is 44.3 Å². The van der Waals surface area contributed by atoms with E-state index < -0.39 is 11.6 Å². The minimum absolute atomic E-state index is 0. The molecule has 0 radical (unpaired) electrons. The lowest BCUT2D eigenvalue weighted by molar-refractivity contribution is 0.0596. The van der Waals surface area contributed by atoms with Gasteiger partial charge in [-0.25, -0.2) is 9.79 Å². The van der Waals surface area contributed by atoms with Gasteiger partial charge in [-0.3, -0.25) is 0 Å². The molecule has 1 atom stereocenters. The number of hydrogen-bond donors (Lipinski definition) is 3. The molecule has 0 aliphatic rings. The summed E-state index contributed by atoms with van der Waals surface area (Å²) in [5.74, 6) is 0.575. The zero-order chi connectivity index (χ0) is 20.6. The third-order valence-corrected chi connectivity index (χ3v) is 5.21. The summed E-state index contributed by atoms with van der Waals surface area (Å²) in [6, 6.07) is 9.09. The van der Waals surface area contributed by atoms with Gasteiger partial charge >= 0.3 is 5.97 Å². The van der Waals surface area contributed by atoms with Crippen molar-refractivity contribution >= 4 is 47.2 Å². The largest absolute Gasteiger partial charge is 0.496 e. The number of rotatable bonds is 8. The molecule has 29 heavy (non-hydrogen) atoms. The highest BCUT2D eigenvalue weighted by Crippen LogP contribution is 2.24. The Labute approximate surface area is 192 Å². The Bertz CT molecular complexity index is 810. The van der Waals surface area contributed by atoms with Crippen LogP contribution in [0.2, 0.25) is 0 Å². The number of guanidine groups is 1. The van der Waals surface area contributed by atoms with Crippen molar-refractivity contribution in [2.24, 2.45) is 4.99 Å². The molecule has 0 amide bonds. The van der Waals surface area contributed by atoms with Gasteiger partial charge < -0.3 is 25.2 Å². The van der Waals surface area contributed by atoms with Crippen molar-refractivity contribution in [1.82, 2.24) is 10.6 Å². The normalized spacial score (nSPS) is 13.1. The number of nitrogens with one attached hydrogen (secondary N) is 2. The second-order valence-corrected chi connectivity index (χ2v) is 7.27. The topological polar surface area (TPSA) is 92.2 Å². The lowest BCUT2D eigenvalue weighted by atomic mass is 10.1. The Morgan fingerprint density at radius 3 is 2.62 bits per heavy atom. The Kier molecular flexibility index (Phi) is 10.4. The summed E-state index contributed by atoms with van der Waals surface area (Å²) in [5.41, 5.74) is 0.197. The molecular formula is C20H28IN3O4S. The molecule has 9 heteroatoms. The molecule has 0 spiro atoms. The zero-order valence-electron chi connectivity index (χ0n) is 17.0. The van der Waals surface area contributed by atoms with E-state index in [1.54, 1.807) is 19.1 Å². The fourth-order valence-electron chi connectivity index (χ4n) is 2.56. The molecule has 0 saturated carbocycles. The molecule has 1 heterocycles. The van der Waals surface area contributed by atoms with Crippen LogP contribution >= 0.6 is 35.3 Å². The van der Waals surface area contributed by atoms with Crippen LogP contribution in [0.15, 0.2) is 40.7 Å². The van der Waals surface area contributed by atoms with Crippen LogP contribution in [0.3, 0.4) is 0 Å². The first-order valence-corrected chi connectivity index (χ1v) is 9.83. The van der Waals surface area contributed by atoms with Crippen molar-refractivity contribution in [2.75, 3.05) is 27.3 Å². The maximum atomic E-state index is 11.9. The minimum atomic E-state index is -0.997. The second-order valence-electron chi connectivity index (χ2n) is 6.33. The summed E-state index contributed by atoms with van der Waals surface area (Å²) in [6.45, 7) is 5.09. The average molecular weight is 533 g/mol. The number of carbonyl (C=O) groups is 1. The number of thiophene rings is 1. The Balaban J connectivity index is 0.00000420. The molecule has 0 saturated heterocycles. The van der Waals surface area contributed by atoms with Gasteiger partial charge in [0.15, 0.2) is 5.96 Å². The monoisotopic (exact) mass is 533 g/mol. The molecule has 7 nitrogen and oxygen atoms in total. The molecule has 1 aromatic heterocycles. The highest BCUT2D eigenvalue weighted by atomic mass is 127. The first kappa shape index (κ1) is 25.2. The third-order valence-electron chi connectivity index (χ3n) is 4.09. The van der Waals surface area contributed by atoms with E-state index in [-0.39, 0.29) is 24.0 Å². The van der Waals surface area contributed by atoms with Crippen molar-refractivity contribution in [3.05, 3.63) is 51.7 Å². The van der Waals surface area contributed by atoms with Gasteiger partial charge in [-0.05, 0) is 43.0 Å². The fourth-order valence-corrected chi connectivity index (χ4v) is 3.35. The summed E-state index contributed by atoms with van der Waals surface area (Å²) in [7, 11) is 2.84. The van der Waals surface area contributed by atoms with E-state index in [2.05, 4.69) is 15.6 Å². The quantitative estimate of drug-likeness (QED) is 0.209. The van der Waals surface area contributed by atoms with Crippen molar-refractivity contribution < 1.29 is 19.4 Å². The van der Waals surface area contributed by atoms with Gasteiger partial charge in [0.1, 0.15) is 16.9 Å². The molecule has 1 unspecified atom stereocenters. The second kappa shape index (κ2) is 12.0. The number of methoxy groups -OCH3 is 2. The third kappa shape index (κ3) is 7.16. The van der Waals surface area contributed by atoms with Crippen LogP contribution in [0.1, 0.15) is 34.6 Å². The number of hydrogen-bond acceptors (Lipinski definition) is 6. The molecule has 0 bridgehead atoms. The SMILES string of the molecule is CCNC(=NCc1ccc(OC)c(C(=O)OC)c1)NCC(C)(O)c1cccs1.I. The van der Waals surface area contributed by atoms with Crippen LogP contribution in [-0.2, 0) is 16.9 Å². The van der Waals surface area contributed by atoms with Crippen LogP contribution in [0, 0.1) is 0 Å². The molecule has 2 aromatic rings. The van der Waals surface area contributed by atoms with Gasteiger partial charge in [0.2, 0.25) is 0 Å². The molecule has 0 aliphatic heterocycles. The van der Waals surface area contributed by atoms with Gasteiger partial charge in [0.05, 0.1) is 27.3 Å². The van der Waals surface area contributed by atoms with Gasteiger partial charge in [-0.1, -0.05) is 12.1 Å². The number of ether oxygens (including phenoxy) is 2. The summed E-state index contributed by atoms with van der Waals surface area (Å²) in [6.07, 6.45) is 0. The number of aliphatic hydroxyl groups is 1. The van der Waals surface area contributed by atoms with Crippen molar-refractivity contribution in [2.45, 2.75) is 26.0 Å². The summed E-state index contributed by atoms with van der Waals surface area (Å²) in [5, 5.41) is 18.9. The summed E-state index contributed by atoms with van der Waals surface area (Å²) < 4.78 is 10.0. The molecule has 3 N–H and O–H groups in total. The highest BCUT2D eigenvalue weighted by Gasteiger charge is 2.24. The molecular weight excluding hydrogens is 505 g/mol. The first-order valence-electron chi connectivity index (χ1n) is 8.95. The van der Waals surface area contributed by atoms with E-state index in [0.717, 1.165) is 10.4 Å². The summed E-state index contributed by atoms with van der Waals surface area (Å²) >= 11 is 1.51. The smallest absolute Gasteiger partial charge is 0.341 e. The van der Waals surface area contributed by atoms with Crippen LogP contribution in [0.25, 0.3) is 0 Å². The van der Waals surface area contributed by atoms with Crippen molar-refractivity contribution in [1.29, 1.82) is 0 Å². The predicted octanol–water partition coefficient (Wildman–Crippen LogP) is 3.12. The van der Waals surface area contributed by atoms with E-state index in [0.29, 0.717) is 36.9 Å². The molecule has 0 fully saturated rings. The zero-order valence-corrected chi connectivity index (χ0v) is 20.2. The number of nitrogens with zero attached hydrogens (tertiary/aromatic N) is 1. The number of carbonyl (C=O) groups excluding carboxylic acids is 1. The highest BCUT2D eigenvalue weighted by molar-refractivity contribution is 14.0. The molecule has 0 aliphatic carbocycles. The fraction of sp³-hybridized carbons (Fsp3) is 0.400. The standard InChI is InChI=1S/C20H27N3O4S.HI/c1-5-21-19(23-13-20(2,25)17-7-6-10-28-17)22-12-14-8-9-16(26-3)15(11-14)18(24)27-4;/h6-11,25H,5,12-13H2,1-4H3,(H2,21,22,23);1H. The molecule has 1 aromatic carbocycles. The van der Waals surface area contributed by atoms with Crippen LogP contribution in [0.5, 0.6) is 5.75 Å². The predicted molar refractivity (Wildman–Crippen MR) is 126 cm³/mol. The average Bonchev–Trinajstić information content (AvgIpc) is 3.25. The van der Waals surface area contributed by atoms with Gasteiger partial charge in [0, 0.05) is 11.4 Å². The van der Waals surface area contributed by atoms with E-state index in [1.807, 2.05) is 30.5 Å². The van der Waals surface area contributed by atoms with E-state index in [1.165, 1.54) is 25.6 Å². The summed E-state index contributed by atoms with van der Waals surface area (Å²) in [4.78, 5) is 17.3. The van der Waals surface area contributed by atoms with Gasteiger partial charge in [-0.2, -0.15) is 0 Å². The minimum Gasteiger partial charge on any atom is -0.496 e. The van der Waals surface area contributed by atoms with E-state index in [4.69, 9.17) is 9.47 Å². The Morgan fingerprint density at radius 1 is 1.28 bits per heavy atom. The maximum Gasteiger partial charge on any atom is 0.341 e. The maximum absolute atomic E-state index is 11.9. The first-order chi connectivity index (χ1) is 13.4. The van der Waals surface area contributed by atoms with Crippen LogP contribution in [0.4, 0.5) is 0 Å². The molecule has 160 valence electrons. The Hall–Kier alpha value is -1.85. The van der Waals surface area contributed by atoms with E-state index >= 15 is 0 Å². The number of esters is 1.